The number of alkyl halides is 2. The van der Waals surface area contributed by atoms with Gasteiger partial charge in [-0.25, -0.2) is 8.42 Å². The molecule has 0 aliphatic rings. The Morgan fingerprint density at radius 3 is 1.37 bits per heavy atom. The average Bonchev–Trinajstić information content (AvgIpc) is 2.62. The van der Waals surface area contributed by atoms with E-state index >= 15 is 0 Å². The van der Waals surface area contributed by atoms with E-state index in [1.165, 1.54) is 24.3 Å². The lowest BCUT2D eigenvalue weighted by molar-refractivity contribution is 0.596. The molecule has 0 heterocycles. The number of hydrogen-bond acceptors (Lipinski definition) is 2. The fourth-order valence-electron chi connectivity index (χ4n) is 2.22. The van der Waals surface area contributed by atoms with Gasteiger partial charge in [0, 0.05) is 21.8 Å². The van der Waals surface area contributed by atoms with Crippen LogP contribution in [0, 0.1) is 0 Å². The summed E-state index contributed by atoms with van der Waals surface area (Å²) in [5.74, 6) is 0.569. The molecule has 2 rings (SSSR count). The molecule has 9 heteroatoms. The molecule has 0 saturated carbocycles. The van der Waals surface area contributed by atoms with Gasteiger partial charge in [0.1, 0.15) is 0 Å². The van der Waals surface area contributed by atoms with Gasteiger partial charge in [-0.05, 0) is 35.4 Å². The molecular weight excluding hydrogens is 493 g/mol. The summed E-state index contributed by atoms with van der Waals surface area (Å²) in [6, 6.07) is 5.46. The van der Waals surface area contributed by atoms with Gasteiger partial charge in [-0.2, -0.15) is 0 Å². The van der Waals surface area contributed by atoms with Crippen LogP contribution in [0.1, 0.15) is 11.1 Å². The molecule has 0 aliphatic heterocycles. The van der Waals surface area contributed by atoms with Crippen LogP contribution in [0.3, 0.4) is 0 Å². The lowest BCUT2D eigenvalue weighted by Crippen LogP contribution is -2.05. The van der Waals surface area contributed by atoms with E-state index in [1.54, 1.807) is 24.3 Å². The van der Waals surface area contributed by atoms with Crippen LogP contribution in [-0.4, -0.2) is 20.2 Å². The van der Waals surface area contributed by atoms with Crippen LogP contribution in [0.2, 0.25) is 20.1 Å². The van der Waals surface area contributed by atoms with Gasteiger partial charge in [0.25, 0.3) is 0 Å². The minimum Gasteiger partial charge on any atom is -0.218 e. The Hall–Kier alpha value is -0.390. The highest BCUT2D eigenvalue weighted by atomic mass is 35.5. The molecule has 0 spiro atoms. The standard InChI is InChI=1S/C18H12Cl6O2S/c19-5-1-3-11-7-15(23)17(9-13(11)21)27(25,26)18-10-14(22)12(4-2-6-20)8-16(18)24/h1-4,7-10H,5-6H2/b3-1+,4-2+. The predicted molar refractivity (Wildman–Crippen MR) is 118 cm³/mol. The van der Waals surface area contributed by atoms with E-state index in [0.29, 0.717) is 11.1 Å². The third kappa shape index (κ3) is 5.36. The molecule has 0 unspecified atom stereocenters. The van der Waals surface area contributed by atoms with Gasteiger partial charge in [-0.1, -0.05) is 70.7 Å². The van der Waals surface area contributed by atoms with Crippen LogP contribution >= 0.6 is 69.6 Å². The van der Waals surface area contributed by atoms with Crippen molar-refractivity contribution in [2.24, 2.45) is 0 Å². The van der Waals surface area contributed by atoms with Crippen molar-refractivity contribution in [2.45, 2.75) is 9.79 Å². The first kappa shape index (κ1) is 22.9. The minimum atomic E-state index is -4.05. The number of sulfone groups is 1. The SMILES string of the molecule is O=S(=O)(c1cc(Cl)c(/C=C/CCl)cc1Cl)c1cc(Cl)c(/C=C/CCl)cc1Cl. The molecule has 0 bridgehead atoms. The zero-order chi connectivity index (χ0) is 20.2. The molecule has 0 atom stereocenters. The summed E-state index contributed by atoms with van der Waals surface area (Å²) in [4.78, 5) is -0.335. The smallest absolute Gasteiger partial charge is 0.209 e. The quantitative estimate of drug-likeness (QED) is 0.379. The monoisotopic (exact) mass is 502 g/mol. The van der Waals surface area contributed by atoms with E-state index in [4.69, 9.17) is 69.6 Å². The molecule has 0 amide bonds. The van der Waals surface area contributed by atoms with E-state index in [1.807, 2.05) is 0 Å². The number of halogens is 6. The number of allylic oxidation sites excluding steroid dienone is 2. The summed E-state index contributed by atoms with van der Waals surface area (Å²) in [6.07, 6.45) is 6.63. The summed E-state index contributed by atoms with van der Waals surface area (Å²) in [5.41, 5.74) is 1.10. The molecular formula is C18H12Cl6O2S. The van der Waals surface area contributed by atoms with Crippen molar-refractivity contribution in [2.75, 3.05) is 11.8 Å². The Morgan fingerprint density at radius 2 is 1.04 bits per heavy atom. The van der Waals surface area contributed by atoms with Gasteiger partial charge in [0.05, 0.1) is 19.8 Å². The maximum absolute atomic E-state index is 13.1. The fraction of sp³-hybridized carbons (Fsp3) is 0.111. The molecule has 2 aromatic rings. The first-order chi connectivity index (χ1) is 12.7. The molecule has 0 aliphatic carbocycles. The zero-order valence-electron chi connectivity index (χ0n) is 13.5. The molecule has 0 N–H and O–H groups in total. The second kappa shape index (κ2) is 9.89. The van der Waals surface area contributed by atoms with Crippen LogP contribution < -0.4 is 0 Å². The first-order valence-electron chi connectivity index (χ1n) is 7.40. The molecule has 27 heavy (non-hydrogen) atoms. The van der Waals surface area contributed by atoms with Gasteiger partial charge in [-0.3, -0.25) is 0 Å². The fourth-order valence-corrected chi connectivity index (χ4v) is 5.35. The summed E-state index contributed by atoms with van der Waals surface area (Å²) < 4.78 is 26.1. The molecule has 144 valence electrons. The lowest BCUT2D eigenvalue weighted by Gasteiger charge is -2.12. The van der Waals surface area contributed by atoms with Gasteiger partial charge in [0.2, 0.25) is 9.84 Å². The van der Waals surface area contributed by atoms with Crippen molar-refractivity contribution in [3.63, 3.8) is 0 Å². The van der Waals surface area contributed by atoms with E-state index in [0.717, 1.165) is 0 Å². The third-order valence-corrected chi connectivity index (χ3v) is 7.15. The molecule has 0 radical (unpaired) electrons. The van der Waals surface area contributed by atoms with Crippen LogP contribution in [0.25, 0.3) is 12.2 Å². The predicted octanol–water partition coefficient (Wildman–Crippen LogP) is 7.64. The van der Waals surface area contributed by atoms with Crippen LogP contribution in [0.15, 0.2) is 46.2 Å². The molecule has 0 saturated heterocycles. The van der Waals surface area contributed by atoms with Crippen LogP contribution in [-0.2, 0) is 9.84 Å². The van der Waals surface area contributed by atoms with Crippen molar-refractivity contribution in [3.8, 4) is 0 Å². The van der Waals surface area contributed by atoms with E-state index < -0.39 is 9.84 Å². The Labute approximate surface area is 188 Å². The maximum atomic E-state index is 13.1. The van der Waals surface area contributed by atoms with E-state index in [9.17, 15) is 8.42 Å². The Morgan fingerprint density at radius 1 is 0.667 bits per heavy atom. The first-order valence-corrected chi connectivity index (χ1v) is 11.5. The topological polar surface area (TPSA) is 34.1 Å². The van der Waals surface area contributed by atoms with Gasteiger partial charge in [-0.15, -0.1) is 23.2 Å². The Bertz CT molecular complexity index is 937. The summed E-state index contributed by atoms with van der Waals surface area (Å²) in [5, 5.41) is 0.435. The van der Waals surface area contributed by atoms with Crippen molar-refractivity contribution >= 4 is 91.6 Å². The minimum absolute atomic E-state index is 0.00641. The second-order valence-corrected chi connectivity index (χ2v) is 9.36. The van der Waals surface area contributed by atoms with E-state index in [-0.39, 0.29) is 41.6 Å². The highest BCUT2D eigenvalue weighted by Crippen LogP contribution is 2.37. The van der Waals surface area contributed by atoms with Crippen molar-refractivity contribution in [1.82, 2.24) is 0 Å². The second-order valence-electron chi connectivity index (χ2n) is 5.23. The van der Waals surface area contributed by atoms with Gasteiger partial charge >= 0.3 is 0 Å². The van der Waals surface area contributed by atoms with Crippen molar-refractivity contribution < 1.29 is 8.42 Å². The van der Waals surface area contributed by atoms with E-state index in [2.05, 4.69) is 0 Å². The summed E-state index contributed by atoms with van der Waals surface area (Å²) in [6.45, 7) is 0. The number of benzene rings is 2. The van der Waals surface area contributed by atoms with Crippen molar-refractivity contribution in [3.05, 3.63) is 67.6 Å². The highest BCUT2D eigenvalue weighted by molar-refractivity contribution is 7.91. The highest BCUT2D eigenvalue weighted by Gasteiger charge is 2.26. The summed E-state index contributed by atoms with van der Waals surface area (Å²) in [7, 11) is -4.05. The van der Waals surface area contributed by atoms with Gasteiger partial charge < -0.3 is 0 Å². The Balaban J connectivity index is 2.60. The van der Waals surface area contributed by atoms with Gasteiger partial charge in [0.15, 0.2) is 0 Å². The molecule has 0 fully saturated rings. The third-order valence-electron chi connectivity index (χ3n) is 3.45. The zero-order valence-corrected chi connectivity index (χ0v) is 18.9. The number of hydrogen-bond donors (Lipinski definition) is 0. The number of rotatable bonds is 6. The Kier molecular flexibility index (Phi) is 8.38. The van der Waals surface area contributed by atoms with Crippen molar-refractivity contribution in [1.29, 1.82) is 0 Å². The van der Waals surface area contributed by atoms with Crippen LogP contribution in [0.4, 0.5) is 0 Å². The van der Waals surface area contributed by atoms with Crippen LogP contribution in [0.5, 0.6) is 0 Å². The molecule has 0 aromatic heterocycles. The lowest BCUT2D eigenvalue weighted by atomic mass is 10.2. The molecule has 2 nitrogen and oxygen atoms in total. The maximum Gasteiger partial charge on any atom is 0.209 e. The largest absolute Gasteiger partial charge is 0.218 e. The average molecular weight is 505 g/mol. The normalized spacial score (nSPS) is 12.4. The summed E-state index contributed by atoms with van der Waals surface area (Å²) >= 11 is 36.0. The molecule has 2 aromatic carbocycles.